The van der Waals surface area contributed by atoms with Gasteiger partial charge in [0.25, 0.3) is 0 Å². The lowest BCUT2D eigenvalue weighted by molar-refractivity contribution is -0.146. The Morgan fingerprint density at radius 1 is 0.957 bits per heavy atom. The molecule has 1 amide bonds. The second kappa shape index (κ2) is 7.98. The normalized spacial score (nSPS) is 11.4. The fourth-order valence-corrected chi connectivity index (χ4v) is 2.12. The average molecular weight is 312 g/mol. The number of carbonyl (C=O) groups is 2. The zero-order valence-corrected chi connectivity index (χ0v) is 13.2. The van der Waals surface area contributed by atoms with E-state index >= 15 is 0 Å². The molecule has 1 atom stereocenters. The Bertz CT molecular complexity index is 654. The zero-order chi connectivity index (χ0) is 16.7. The third kappa shape index (κ3) is 5.82. The molecule has 0 saturated heterocycles. The molecule has 2 aromatic carbocycles. The van der Waals surface area contributed by atoms with Crippen LogP contribution in [0.4, 0.5) is 17.1 Å². The zero-order valence-electron chi connectivity index (χ0n) is 13.2. The Kier molecular flexibility index (Phi) is 5.74. The predicted octanol–water partition coefficient (Wildman–Crippen LogP) is 3.71. The smallest absolute Gasteiger partial charge is 0.302 e. The molecule has 5 nitrogen and oxygen atoms in total. The quantitative estimate of drug-likeness (QED) is 0.798. The van der Waals surface area contributed by atoms with E-state index in [1.54, 1.807) is 6.92 Å². The molecule has 2 aromatic rings. The molecule has 0 aliphatic heterocycles. The predicted molar refractivity (Wildman–Crippen MR) is 90.6 cm³/mol. The van der Waals surface area contributed by atoms with Gasteiger partial charge in [-0.15, -0.1) is 0 Å². The Balaban J connectivity index is 1.87. The molecule has 0 bridgehead atoms. The topological polar surface area (TPSA) is 67.4 Å². The van der Waals surface area contributed by atoms with E-state index in [1.807, 2.05) is 54.6 Å². The fraction of sp³-hybridized carbons (Fsp3) is 0.222. The van der Waals surface area contributed by atoms with Gasteiger partial charge in [-0.05, 0) is 43.3 Å². The van der Waals surface area contributed by atoms with Crippen LogP contribution in [0.3, 0.4) is 0 Å². The SMILES string of the molecule is CC(=O)OC(C)CC(=O)Nc1ccc(Nc2ccccc2)cc1. The molecular weight excluding hydrogens is 292 g/mol. The first-order valence-corrected chi connectivity index (χ1v) is 7.42. The van der Waals surface area contributed by atoms with Crippen LogP contribution in [0.15, 0.2) is 54.6 Å². The molecule has 0 heterocycles. The number of esters is 1. The van der Waals surface area contributed by atoms with Crippen LogP contribution >= 0.6 is 0 Å². The molecule has 5 heteroatoms. The number of rotatable bonds is 6. The van der Waals surface area contributed by atoms with Gasteiger partial charge < -0.3 is 15.4 Å². The highest BCUT2D eigenvalue weighted by Gasteiger charge is 2.11. The second-order valence-electron chi connectivity index (χ2n) is 5.24. The molecule has 0 aliphatic rings. The standard InChI is InChI=1S/C18H20N2O3/c1-13(23-14(2)21)12-18(22)20-17-10-8-16(9-11-17)19-15-6-4-3-5-7-15/h3-11,13,19H,12H2,1-2H3,(H,20,22). The Labute approximate surface area is 135 Å². The number of carbonyl (C=O) groups excluding carboxylic acids is 2. The lowest BCUT2D eigenvalue weighted by Gasteiger charge is -2.12. The van der Waals surface area contributed by atoms with E-state index in [9.17, 15) is 9.59 Å². The van der Waals surface area contributed by atoms with E-state index in [2.05, 4.69) is 10.6 Å². The highest BCUT2D eigenvalue weighted by molar-refractivity contribution is 5.91. The molecule has 23 heavy (non-hydrogen) atoms. The van der Waals surface area contributed by atoms with Crippen LogP contribution in [0, 0.1) is 0 Å². The van der Waals surface area contributed by atoms with Crippen molar-refractivity contribution in [2.45, 2.75) is 26.4 Å². The summed E-state index contributed by atoms with van der Waals surface area (Å²) >= 11 is 0. The minimum Gasteiger partial charge on any atom is -0.462 e. The van der Waals surface area contributed by atoms with Crippen molar-refractivity contribution in [2.75, 3.05) is 10.6 Å². The van der Waals surface area contributed by atoms with Crippen molar-refractivity contribution in [2.24, 2.45) is 0 Å². The highest BCUT2D eigenvalue weighted by atomic mass is 16.5. The summed E-state index contributed by atoms with van der Waals surface area (Å²) in [6.07, 6.45) is -0.310. The van der Waals surface area contributed by atoms with E-state index in [4.69, 9.17) is 4.74 Å². The van der Waals surface area contributed by atoms with Crippen LogP contribution < -0.4 is 10.6 Å². The number of hydrogen-bond donors (Lipinski definition) is 2. The number of amides is 1. The van der Waals surface area contributed by atoms with Gasteiger partial charge in [-0.1, -0.05) is 18.2 Å². The van der Waals surface area contributed by atoms with E-state index < -0.39 is 6.10 Å². The maximum atomic E-state index is 11.9. The first-order valence-electron chi connectivity index (χ1n) is 7.42. The summed E-state index contributed by atoms with van der Waals surface area (Å²) < 4.78 is 4.93. The number of anilines is 3. The van der Waals surface area contributed by atoms with Gasteiger partial charge in [0.05, 0.1) is 6.42 Å². The summed E-state index contributed by atoms with van der Waals surface area (Å²) in [5.41, 5.74) is 2.63. The van der Waals surface area contributed by atoms with E-state index in [-0.39, 0.29) is 18.3 Å². The molecule has 0 aromatic heterocycles. The van der Waals surface area contributed by atoms with Crippen LogP contribution in [0.25, 0.3) is 0 Å². The van der Waals surface area contributed by atoms with Crippen molar-refractivity contribution >= 4 is 28.9 Å². The minimum atomic E-state index is -0.438. The minimum absolute atomic E-state index is 0.129. The largest absolute Gasteiger partial charge is 0.462 e. The Hall–Kier alpha value is -2.82. The molecule has 120 valence electrons. The summed E-state index contributed by atoms with van der Waals surface area (Å²) in [6, 6.07) is 17.2. The molecule has 0 aliphatic carbocycles. The molecule has 0 radical (unpaired) electrons. The number of para-hydroxylation sites is 1. The van der Waals surface area contributed by atoms with Gasteiger partial charge in [0.15, 0.2) is 0 Å². The van der Waals surface area contributed by atoms with Crippen molar-refractivity contribution in [1.82, 2.24) is 0 Å². The van der Waals surface area contributed by atoms with Crippen LogP contribution in [0.1, 0.15) is 20.3 Å². The van der Waals surface area contributed by atoms with Gasteiger partial charge in [0.1, 0.15) is 6.10 Å². The first-order chi connectivity index (χ1) is 11.0. The summed E-state index contributed by atoms with van der Waals surface area (Å²) in [5.74, 6) is -0.579. The van der Waals surface area contributed by atoms with Gasteiger partial charge in [-0.2, -0.15) is 0 Å². The first kappa shape index (κ1) is 16.5. The summed E-state index contributed by atoms with van der Waals surface area (Å²) in [6.45, 7) is 3.01. The summed E-state index contributed by atoms with van der Waals surface area (Å²) in [5, 5.41) is 6.05. The van der Waals surface area contributed by atoms with Gasteiger partial charge in [-0.3, -0.25) is 9.59 Å². The van der Waals surface area contributed by atoms with Crippen LogP contribution in [0.5, 0.6) is 0 Å². The molecular formula is C18H20N2O3. The number of ether oxygens (including phenoxy) is 1. The number of benzene rings is 2. The summed E-state index contributed by atoms with van der Waals surface area (Å²) in [7, 11) is 0. The number of nitrogens with one attached hydrogen (secondary N) is 2. The van der Waals surface area contributed by atoms with Gasteiger partial charge in [-0.25, -0.2) is 0 Å². The van der Waals surface area contributed by atoms with Crippen LogP contribution in [0.2, 0.25) is 0 Å². The molecule has 0 saturated carbocycles. The second-order valence-corrected chi connectivity index (χ2v) is 5.24. The van der Waals surface area contributed by atoms with Crippen molar-refractivity contribution < 1.29 is 14.3 Å². The highest BCUT2D eigenvalue weighted by Crippen LogP contribution is 2.18. The van der Waals surface area contributed by atoms with E-state index in [0.717, 1.165) is 11.4 Å². The van der Waals surface area contributed by atoms with Gasteiger partial charge in [0.2, 0.25) is 5.91 Å². The van der Waals surface area contributed by atoms with Crippen LogP contribution in [-0.2, 0) is 14.3 Å². The van der Waals surface area contributed by atoms with Gasteiger partial charge in [0, 0.05) is 24.0 Å². The lowest BCUT2D eigenvalue weighted by Crippen LogP contribution is -2.21. The molecule has 2 N–H and O–H groups in total. The van der Waals surface area contributed by atoms with Crippen LogP contribution in [-0.4, -0.2) is 18.0 Å². The molecule has 0 spiro atoms. The molecule has 2 rings (SSSR count). The maximum Gasteiger partial charge on any atom is 0.302 e. The van der Waals surface area contributed by atoms with Crippen molar-refractivity contribution in [3.05, 3.63) is 54.6 Å². The third-order valence-electron chi connectivity index (χ3n) is 3.07. The molecule has 1 unspecified atom stereocenters. The average Bonchev–Trinajstić information content (AvgIpc) is 2.49. The Morgan fingerprint density at radius 3 is 2.13 bits per heavy atom. The monoisotopic (exact) mass is 312 g/mol. The maximum absolute atomic E-state index is 11.9. The van der Waals surface area contributed by atoms with Crippen molar-refractivity contribution in [3.63, 3.8) is 0 Å². The van der Waals surface area contributed by atoms with E-state index in [0.29, 0.717) is 5.69 Å². The summed E-state index contributed by atoms with van der Waals surface area (Å²) in [4.78, 5) is 22.7. The lowest BCUT2D eigenvalue weighted by atomic mass is 10.2. The molecule has 0 fully saturated rings. The van der Waals surface area contributed by atoms with Crippen molar-refractivity contribution in [1.29, 1.82) is 0 Å². The fourth-order valence-electron chi connectivity index (χ4n) is 2.12. The number of hydrogen-bond acceptors (Lipinski definition) is 4. The third-order valence-corrected chi connectivity index (χ3v) is 3.07. The van der Waals surface area contributed by atoms with E-state index in [1.165, 1.54) is 6.92 Å². The Morgan fingerprint density at radius 2 is 1.52 bits per heavy atom. The van der Waals surface area contributed by atoms with Crippen molar-refractivity contribution in [3.8, 4) is 0 Å². The van der Waals surface area contributed by atoms with Gasteiger partial charge >= 0.3 is 5.97 Å².